The van der Waals surface area contributed by atoms with Crippen LogP contribution in [0.2, 0.25) is 0 Å². The van der Waals surface area contributed by atoms with E-state index < -0.39 is 0 Å². The summed E-state index contributed by atoms with van der Waals surface area (Å²) < 4.78 is 0. The number of rotatable bonds is 6. The van der Waals surface area contributed by atoms with Crippen LogP contribution in [0.1, 0.15) is 64.5 Å². The predicted octanol–water partition coefficient (Wildman–Crippen LogP) is 3.90. The molecule has 1 aliphatic rings. The molecule has 0 amide bonds. The van der Waals surface area contributed by atoms with Crippen LogP contribution < -0.4 is 10.6 Å². The Hall–Kier alpha value is -1.09. The van der Waals surface area contributed by atoms with Gasteiger partial charge in [0.1, 0.15) is 5.82 Å². The van der Waals surface area contributed by atoms with E-state index in [1.165, 1.54) is 32.1 Å². The van der Waals surface area contributed by atoms with Gasteiger partial charge in [-0.25, -0.2) is 4.98 Å². The van der Waals surface area contributed by atoms with Gasteiger partial charge >= 0.3 is 0 Å². The third-order valence-corrected chi connectivity index (χ3v) is 4.30. The molecule has 2 rings (SSSR count). The van der Waals surface area contributed by atoms with Crippen LogP contribution in [0.5, 0.6) is 0 Å². The fraction of sp³-hybridized carbons (Fsp3) is 0.706. The number of aromatic nitrogens is 1. The van der Waals surface area contributed by atoms with Gasteiger partial charge in [0.05, 0.1) is 0 Å². The van der Waals surface area contributed by atoms with Gasteiger partial charge in [0, 0.05) is 24.8 Å². The largest absolute Gasteiger partial charge is 0.354 e. The van der Waals surface area contributed by atoms with Crippen LogP contribution >= 0.6 is 0 Å². The van der Waals surface area contributed by atoms with Crippen molar-refractivity contribution in [3.8, 4) is 0 Å². The van der Waals surface area contributed by atoms with Gasteiger partial charge in [-0.15, -0.1) is 0 Å². The van der Waals surface area contributed by atoms with Crippen molar-refractivity contribution < 1.29 is 0 Å². The molecule has 2 N–H and O–H groups in total. The Morgan fingerprint density at radius 2 is 1.95 bits per heavy atom. The first-order chi connectivity index (χ1) is 9.58. The third kappa shape index (κ3) is 3.95. The summed E-state index contributed by atoms with van der Waals surface area (Å²) in [4.78, 5) is 7.19. The highest BCUT2D eigenvalue weighted by Crippen LogP contribution is 2.28. The van der Waals surface area contributed by atoms with Crippen LogP contribution in [-0.4, -0.2) is 17.6 Å². The van der Waals surface area contributed by atoms with Crippen molar-refractivity contribution >= 4 is 5.82 Å². The summed E-state index contributed by atoms with van der Waals surface area (Å²) >= 11 is 0. The number of anilines is 1. The summed E-state index contributed by atoms with van der Waals surface area (Å²) in [5, 5.41) is 0. The van der Waals surface area contributed by atoms with Crippen LogP contribution in [0.15, 0.2) is 18.3 Å². The second kappa shape index (κ2) is 7.07. The van der Waals surface area contributed by atoms with Crippen LogP contribution in [0.4, 0.5) is 5.82 Å². The van der Waals surface area contributed by atoms with E-state index in [9.17, 15) is 0 Å². The number of hydrogen-bond donors (Lipinski definition) is 1. The Balaban J connectivity index is 2.11. The Morgan fingerprint density at radius 3 is 2.45 bits per heavy atom. The normalized spacial score (nSPS) is 17.6. The van der Waals surface area contributed by atoms with E-state index in [-0.39, 0.29) is 6.04 Å². The average molecular weight is 275 g/mol. The summed E-state index contributed by atoms with van der Waals surface area (Å²) in [5.41, 5.74) is 7.02. The van der Waals surface area contributed by atoms with Crippen molar-refractivity contribution in [3.63, 3.8) is 0 Å². The van der Waals surface area contributed by atoms with E-state index >= 15 is 0 Å². The molecule has 1 aromatic rings. The summed E-state index contributed by atoms with van der Waals surface area (Å²) in [5.74, 6) is 1.86. The summed E-state index contributed by atoms with van der Waals surface area (Å²) in [6.45, 7) is 7.70. The van der Waals surface area contributed by atoms with Crippen molar-refractivity contribution in [2.45, 2.75) is 65.0 Å². The van der Waals surface area contributed by atoms with Gasteiger partial charge in [-0.05, 0) is 43.7 Å². The molecule has 1 fully saturated rings. The minimum Gasteiger partial charge on any atom is -0.354 e. The molecule has 1 aliphatic carbocycles. The molecule has 1 heterocycles. The van der Waals surface area contributed by atoms with Gasteiger partial charge in [0.25, 0.3) is 0 Å². The molecule has 3 heteroatoms. The Labute approximate surface area is 123 Å². The van der Waals surface area contributed by atoms with Crippen molar-refractivity contribution in [2.75, 3.05) is 11.4 Å². The lowest BCUT2D eigenvalue weighted by atomic mass is 10.1. The first-order valence-corrected chi connectivity index (χ1v) is 8.06. The molecule has 0 saturated heterocycles. The highest BCUT2D eigenvalue weighted by Gasteiger charge is 2.23. The fourth-order valence-corrected chi connectivity index (χ4v) is 2.93. The Kier molecular flexibility index (Phi) is 5.41. The molecule has 0 bridgehead atoms. The quantitative estimate of drug-likeness (QED) is 0.856. The van der Waals surface area contributed by atoms with Gasteiger partial charge in [0.15, 0.2) is 0 Å². The van der Waals surface area contributed by atoms with E-state index in [0.717, 1.165) is 23.8 Å². The molecule has 0 spiro atoms. The standard InChI is InChI=1S/C17H29N3/c1-13(2)10-11-20(16-6-4-5-7-16)17-9-8-15(12-19-17)14(3)18/h8-9,12-14,16H,4-7,10-11,18H2,1-3H3/t14-/m0/s1. The average Bonchev–Trinajstić information content (AvgIpc) is 2.93. The lowest BCUT2D eigenvalue weighted by Crippen LogP contribution is -2.35. The lowest BCUT2D eigenvalue weighted by Gasteiger charge is -2.31. The molecule has 112 valence electrons. The second-order valence-corrected chi connectivity index (χ2v) is 6.55. The first-order valence-electron chi connectivity index (χ1n) is 8.06. The van der Waals surface area contributed by atoms with Crippen LogP contribution in [0.25, 0.3) is 0 Å². The van der Waals surface area contributed by atoms with Crippen molar-refractivity contribution in [3.05, 3.63) is 23.9 Å². The van der Waals surface area contributed by atoms with Crippen LogP contribution in [0.3, 0.4) is 0 Å². The molecule has 20 heavy (non-hydrogen) atoms. The number of hydrogen-bond acceptors (Lipinski definition) is 3. The molecule has 1 saturated carbocycles. The fourth-order valence-electron chi connectivity index (χ4n) is 2.93. The molecular weight excluding hydrogens is 246 g/mol. The maximum Gasteiger partial charge on any atom is 0.128 e. The van der Waals surface area contributed by atoms with Crippen LogP contribution in [-0.2, 0) is 0 Å². The molecule has 1 aromatic heterocycles. The van der Waals surface area contributed by atoms with Gasteiger partial charge in [-0.1, -0.05) is 32.8 Å². The zero-order chi connectivity index (χ0) is 14.5. The predicted molar refractivity (Wildman–Crippen MR) is 85.9 cm³/mol. The molecular formula is C17H29N3. The SMILES string of the molecule is CC(C)CCN(c1ccc([C@H](C)N)cn1)C1CCCC1. The van der Waals surface area contributed by atoms with E-state index in [1.54, 1.807) is 0 Å². The smallest absolute Gasteiger partial charge is 0.128 e. The topological polar surface area (TPSA) is 42.1 Å². The van der Waals surface area contributed by atoms with E-state index in [4.69, 9.17) is 5.73 Å². The summed E-state index contributed by atoms with van der Waals surface area (Å²) in [7, 11) is 0. The summed E-state index contributed by atoms with van der Waals surface area (Å²) in [6.07, 6.45) is 8.52. The molecule has 0 radical (unpaired) electrons. The number of nitrogens with two attached hydrogens (primary N) is 1. The highest BCUT2D eigenvalue weighted by molar-refractivity contribution is 5.41. The van der Waals surface area contributed by atoms with Gasteiger partial charge in [-0.2, -0.15) is 0 Å². The van der Waals surface area contributed by atoms with Crippen molar-refractivity contribution in [2.24, 2.45) is 11.7 Å². The Morgan fingerprint density at radius 1 is 1.25 bits per heavy atom. The highest BCUT2D eigenvalue weighted by atomic mass is 15.2. The minimum atomic E-state index is 0.0622. The summed E-state index contributed by atoms with van der Waals surface area (Å²) in [6, 6.07) is 5.02. The van der Waals surface area contributed by atoms with E-state index in [2.05, 4.69) is 35.9 Å². The Bertz CT molecular complexity index is 391. The van der Waals surface area contributed by atoms with Crippen molar-refractivity contribution in [1.82, 2.24) is 4.98 Å². The number of nitrogens with zero attached hydrogens (tertiary/aromatic N) is 2. The maximum absolute atomic E-state index is 5.91. The van der Waals surface area contributed by atoms with Crippen LogP contribution in [0, 0.1) is 5.92 Å². The van der Waals surface area contributed by atoms with E-state index in [0.29, 0.717) is 6.04 Å². The van der Waals surface area contributed by atoms with Gasteiger partial charge < -0.3 is 10.6 Å². The van der Waals surface area contributed by atoms with Crippen molar-refractivity contribution in [1.29, 1.82) is 0 Å². The van der Waals surface area contributed by atoms with Gasteiger partial charge in [-0.3, -0.25) is 0 Å². The molecule has 0 aromatic carbocycles. The maximum atomic E-state index is 5.91. The molecule has 1 atom stereocenters. The zero-order valence-electron chi connectivity index (χ0n) is 13.2. The van der Waals surface area contributed by atoms with E-state index in [1.807, 2.05) is 13.1 Å². The zero-order valence-corrected chi connectivity index (χ0v) is 13.2. The molecule has 0 aliphatic heterocycles. The molecule has 0 unspecified atom stereocenters. The third-order valence-electron chi connectivity index (χ3n) is 4.30. The first kappa shape index (κ1) is 15.3. The number of pyridine rings is 1. The monoisotopic (exact) mass is 275 g/mol. The second-order valence-electron chi connectivity index (χ2n) is 6.55. The minimum absolute atomic E-state index is 0.0622. The van der Waals surface area contributed by atoms with Gasteiger partial charge in [0.2, 0.25) is 0 Å². The molecule has 3 nitrogen and oxygen atoms in total. The lowest BCUT2D eigenvalue weighted by molar-refractivity contribution is 0.525.